The second kappa shape index (κ2) is 18.4. The number of piperazine rings is 1. The third-order valence-electron chi connectivity index (χ3n) is 12.1. The van der Waals surface area contributed by atoms with E-state index in [1.54, 1.807) is 32.1 Å². The van der Waals surface area contributed by atoms with E-state index in [1.807, 2.05) is 48.8 Å². The lowest BCUT2D eigenvalue weighted by Crippen LogP contribution is -2.58. The number of hydrogen-bond donors (Lipinski definition) is 3. The minimum absolute atomic E-state index is 0.0273. The van der Waals surface area contributed by atoms with Crippen LogP contribution >= 0.6 is 11.3 Å². The van der Waals surface area contributed by atoms with Gasteiger partial charge in [0, 0.05) is 69.6 Å². The fraction of sp³-hybridized carbons (Fsp3) is 0.628. The molecule has 1 aliphatic carbocycles. The Morgan fingerprint density at radius 3 is 2.51 bits per heavy atom. The Morgan fingerprint density at radius 1 is 1.06 bits per heavy atom. The van der Waals surface area contributed by atoms with Gasteiger partial charge in [-0.25, -0.2) is 14.5 Å². The predicted octanol–water partition coefficient (Wildman–Crippen LogP) is 4.05. The molecule has 0 bridgehead atoms. The van der Waals surface area contributed by atoms with E-state index in [-0.39, 0.29) is 25.4 Å². The molecule has 63 heavy (non-hydrogen) atoms. The minimum atomic E-state index is -4.19. The van der Waals surface area contributed by atoms with Gasteiger partial charge in [-0.05, 0) is 73.4 Å². The quantitative estimate of drug-likeness (QED) is 0.261. The summed E-state index contributed by atoms with van der Waals surface area (Å²) in [4.78, 5) is 72.5. The van der Waals surface area contributed by atoms with E-state index in [0.717, 1.165) is 65.2 Å². The van der Waals surface area contributed by atoms with Crippen molar-refractivity contribution in [2.75, 3.05) is 58.8 Å². The van der Waals surface area contributed by atoms with Gasteiger partial charge in [-0.3, -0.25) is 19.0 Å². The molecular weight excluding hydrogens is 849 g/mol. The van der Waals surface area contributed by atoms with Gasteiger partial charge in [0.15, 0.2) is 5.13 Å². The molecule has 3 aromatic rings. The van der Waals surface area contributed by atoms with Crippen LogP contribution in [0.25, 0.3) is 22.3 Å². The summed E-state index contributed by atoms with van der Waals surface area (Å²) < 4.78 is 42.9. The zero-order valence-corrected chi connectivity index (χ0v) is 39.2. The zero-order chi connectivity index (χ0) is 45.4. The fourth-order valence-electron chi connectivity index (χ4n) is 8.48. The van der Waals surface area contributed by atoms with Gasteiger partial charge in [0.2, 0.25) is 11.8 Å². The fourth-order valence-corrected chi connectivity index (χ4v) is 9.96. The van der Waals surface area contributed by atoms with E-state index in [4.69, 9.17) is 19.4 Å². The molecule has 2 aromatic heterocycles. The van der Waals surface area contributed by atoms with Gasteiger partial charge >= 0.3 is 16.3 Å². The predicted molar refractivity (Wildman–Crippen MR) is 241 cm³/mol. The molecule has 4 aliphatic rings. The Kier molecular flexibility index (Phi) is 13.5. The van der Waals surface area contributed by atoms with Crippen LogP contribution in [0.5, 0.6) is 6.01 Å². The first-order chi connectivity index (χ1) is 29.8. The molecule has 0 unspecified atom stereocenters. The van der Waals surface area contributed by atoms with Crippen molar-refractivity contribution < 1.29 is 37.1 Å². The van der Waals surface area contributed by atoms with Crippen molar-refractivity contribution in [2.45, 2.75) is 115 Å². The number of benzene rings is 1. The molecule has 0 spiro atoms. The second-order valence-electron chi connectivity index (χ2n) is 18.6. The largest absolute Gasteiger partial charge is 0.459 e. The SMILES string of the molecule is CC(C)n1c(O[C@@H]2C[C@H]3C(=O)N[C@]4(C(=O)NS(=O)(=O)N(C)C)C[C@H]4C=CCCCCC[C@H](NC(=O)OC(C)(C)C)C(=O)N3C2)nc2c(-c3csc(N4CCN(C)CC4)n3)cccc21. The Bertz CT molecular complexity index is 2330. The molecule has 3 fully saturated rings. The molecule has 4 amide bonds. The van der Waals surface area contributed by atoms with Crippen molar-refractivity contribution in [2.24, 2.45) is 5.92 Å². The number of anilines is 1. The number of alkyl carbamates (subject to hydrolysis) is 1. The Morgan fingerprint density at radius 2 is 1.81 bits per heavy atom. The van der Waals surface area contributed by atoms with Crippen LogP contribution in [0.15, 0.2) is 35.7 Å². The lowest BCUT2D eigenvalue weighted by molar-refractivity contribution is -0.141. The first kappa shape index (κ1) is 46.2. The lowest BCUT2D eigenvalue weighted by atomic mass is 10.0. The number of imidazole rings is 1. The number of fused-ring (bicyclic) bond motifs is 3. The number of para-hydroxylation sites is 1. The number of ether oxygens (including phenoxy) is 2. The van der Waals surface area contributed by atoms with Crippen LogP contribution in [0.2, 0.25) is 0 Å². The molecule has 5 heterocycles. The summed E-state index contributed by atoms with van der Waals surface area (Å²) in [7, 11) is 0.536. The number of rotatable bonds is 9. The number of nitrogens with zero attached hydrogens (tertiary/aromatic N) is 7. The van der Waals surface area contributed by atoms with Crippen molar-refractivity contribution in [3.8, 4) is 17.3 Å². The van der Waals surface area contributed by atoms with Crippen molar-refractivity contribution in [1.82, 2.24) is 44.0 Å². The van der Waals surface area contributed by atoms with Gasteiger partial charge in [0.1, 0.15) is 34.8 Å². The van der Waals surface area contributed by atoms with Gasteiger partial charge in [0.05, 0.1) is 17.8 Å². The second-order valence-corrected chi connectivity index (χ2v) is 21.3. The number of allylic oxidation sites excluding steroid dienone is 1. The number of carbonyl (C=O) groups excluding carboxylic acids is 4. The van der Waals surface area contributed by atoms with E-state index < -0.39 is 69.3 Å². The zero-order valence-electron chi connectivity index (χ0n) is 37.5. The van der Waals surface area contributed by atoms with Crippen LogP contribution in [0.4, 0.5) is 9.93 Å². The number of likely N-dealkylation sites (N-methyl/N-ethyl adjacent to an activating group) is 1. The monoisotopic (exact) mass is 910 g/mol. The normalized spacial score (nSPS) is 25.3. The molecule has 3 aliphatic heterocycles. The van der Waals surface area contributed by atoms with Crippen LogP contribution < -0.4 is 25.0 Å². The first-order valence-electron chi connectivity index (χ1n) is 21.9. The van der Waals surface area contributed by atoms with Gasteiger partial charge in [0.25, 0.3) is 11.9 Å². The summed E-state index contributed by atoms with van der Waals surface area (Å²) in [5, 5.41) is 8.67. The third-order valence-corrected chi connectivity index (χ3v) is 14.4. The van der Waals surface area contributed by atoms with Gasteiger partial charge in [-0.15, -0.1) is 11.3 Å². The summed E-state index contributed by atoms with van der Waals surface area (Å²) in [5.41, 5.74) is 0.808. The van der Waals surface area contributed by atoms with Crippen LogP contribution in [-0.2, 0) is 29.3 Å². The van der Waals surface area contributed by atoms with E-state index in [9.17, 15) is 27.6 Å². The molecule has 3 N–H and O–H groups in total. The van der Waals surface area contributed by atoms with Crippen molar-refractivity contribution >= 4 is 61.5 Å². The minimum Gasteiger partial charge on any atom is -0.459 e. The molecule has 2 saturated heterocycles. The highest BCUT2D eigenvalue weighted by Gasteiger charge is 2.62. The number of hydrogen-bond acceptors (Lipinski definition) is 13. The summed E-state index contributed by atoms with van der Waals surface area (Å²) >= 11 is 1.60. The van der Waals surface area contributed by atoms with E-state index >= 15 is 0 Å². The first-order valence-corrected chi connectivity index (χ1v) is 24.2. The molecule has 1 aromatic carbocycles. The van der Waals surface area contributed by atoms with Gasteiger partial charge < -0.3 is 34.8 Å². The van der Waals surface area contributed by atoms with Gasteiger partial charge in [-0.2, -0.15) is 17.7 Å². The van der Waals surface area contributed by atoms with Crippen LogP contribution in [0, 0.1) is 5.92 Å². The number of amides is 4. The third kappa shape index (κ3) is 10.3. The van der Waals surface area contributed by atoms with Crippen molar-refractivity contribution in [3.05, 3.63) is 35.7 Å². The van der Waals surface area contributed by atoms with Crippen LogP contribution in [0.3, 0.4) is 0 Å². The van der Waals surface area contributed by atoms with E-state index in [0.29, 0.717) is 30.8 Å². The van der Waals surface area contributed by atoms with Gasteiger partial charge in [-0.1, -0.05) is 37.1 Å². The highest BCUT2D eigenvalue weighted by Crippen LogP contribution is 2.46. The van der Waals surface area contributed by atoms with E-state index in [2.05, 4.69) is 37.6 Å². The standard InChI is InChI=1S/C43H62N10O8S2/c1-27(2)53-33-18-14-16-30(32-26-62-40(44-32)51-21-19-50(8)20-22-51)35(33)46-39(53)60-29-23-34-36(54)47-43(38(56)48-63(58,59)49(6)7)24-28(43)15-12-10-9-11-13-17-31(37(55)52(34)25-29)45-41(57)61-42(3,4)5/h12,14-16,18,26-29,31,34H,9-11,13,17,19-25H2,1-8H3,(H,45,57)(H,47,54)(H,48,56)/t28-,29-,31+,34+,43-/m1/s1. The number of aromatic nitrogens is 3. The number of thiazole rings is 1. The average Bonchev–Trinajstić information content (AvgIpc) is 3.55. The van der Waals surface area contributed by atoms with Crippen molar-refractivity contribution in [1.29, 1.82) is 0 Å². The maximum atomic E-state index is 14.7. The summed E-state index contributed by atoms with van der Waals surface area (Å²) in [5.74, 6) is -2.49. The summed E-state index contributed by atoms with van der Waals surface area (Å²) in [6.07, 6.45) is 5.60. The maximum absolute atomic E-state index is 14.7. The molecule has 0 radical (unpaired) electrons. The highest BCUT2D eigenvalue weighted by atomic mass is 32.2. The molecule has 7 rings (SSSR count). The highest BCUT2D eigenvalue weighted by molar-refractivity contribution is 7.87. The number of nitrogens with one attached hydrogen (secondary N) is 3. The molecule has 1 saturated carbocycles. The number of carbonyl (C=O) groups is 4. The summed E-state index contributed by atoms with van der Waals surface area (Å²) in [6, 6.07) is 4.00. The topological polar surface area (TPSA) is 201 Å². The van der Waals surface area contributed by atoms with Crippen LogP contribution in [0.1, 0.15) is 85.6 Å². The summed E-state index contributed by atoms with van der Waals surface area (Å²) in [6.45, 7) is 13.0. The molecule has 18 nitrogen and oxygen atoms in total. The average molecular weight is 911 g/mol. The van der Waals surface area contributed by atoms with Crippen molar-refractivity contribution in [3.63, 3.8) is 0 Å². The molecule has 344 valence electrons. The molecule has 20 heteroatoms. The smallest absolute Gasteiger partial charge is 0.408 e. The Labute approximate surface area is 373 Å². The Balaban J connectivity index is 1.21. The maximum Gasteiger partial charge on any atom is 0.408 e. The van der Waals surface area contributed by atoms with Crippen LogP contribution in [-0.4, -0.2) is 144 Å². The molecular formula is C43H62N10O8S2. The Hall–Kier alpha value is -4.79. The molecule has 5 atom stereocenters. The lowest BCUT2D eigenvalue weighted by Gasteiger charge is -2.32. The van der Waals surface area contributed by atoms with E-state index in [1.165, 1.54) is 19.0 Å².